The molecule has 2 heterocycles. The van der Waals surface area contributed by atoms with E-state index in [1.807, 2.05) is 0 Å². The lowest BCUT2D eigenvalue weighted by atomic mass is 10.1. The Morgan fingerprint density at radius 2 is 2.05 bits per heavy atom. The van der Waals surface area contributed by atoms with Gasteiger partial charge in [0.15, 0.2) is 12.2 Å². The van der Waals surface area contributed by atoms with E-state index >= 15 is 0 Å². The molecule has 0 aliphatic heterocycles. The Kier molecular flexibility index (Phi) is 3.23. The van der Waals surface area contributed by atoms with Crippen LogP contribution in [-0.2, 0) is 0 Å². The van der Waals surface area contributed by atoms with Crippen LogP contribution in [0, 0.1) is 6.92 Å². The summed E-state index contributed by atoms with van der Waals surface area (Å²) in [6.45, 7) is 1.80. The van der Waals surface area contributed by atoms with Crippen molar-refractivity contribution in [2.45, 2.75) is 6.92 Å². The zero-order valence-corrected chi connectivity index (χ0v) is 11.8. The minimum absolute atomic E-state index is 0.00113. The molecule has 0 unspecified atom stereocenters. The van der Waals surface area contributed by atoms with Gasteiger partial charge in [-0.05, 0) is 25.1 Å². The third kappa shape index (κ3) is 2.41. The van der Waals surface area contributed by atoms with Crippen molar-refractivity contribution in [3.8, 4) is 28.5 Å². The van der Waals surface area contributed by atoms with Crippen molar-refractivity contribution in [2.24, 2.45) is 0 Å². The summed E-state index contributed by atoms with van der Waals surface area (Å²) in [5.41, 5.74) is 8.11. The van der Waals surface area contributed by atoms with Crippen LogP contribution in [0.15, 0.2) is 35.2 Å². The van der Waals surface area contributed by atoms with Gasteiger partial charge < -0.3 is 15.3 Å². The number of nitrogens with zero attached hydrogens (tertiary/aromatic N) is 3. The number of anilines is 1. The summed E-state index contributed by atoms with van der Waals surface area (Å²) in [6, 6.07) is 4.79. The smallest absolute Gasteiger partial charge is 0.181 e. The maximum atomic E-state index is 9.52. The maximum absolute atomic E-state index is 9.52. The van der Waals surface area contributed by atoms with Gasteiger partial charge in [0.2, 0.25) is 0 Å². The standard InChI is InChI=1S/C14H11ClN4O2/c1-7-14(21-6-18-7)13-12(17-5-11(16)19-13)8-2-3-10(20)9(15)4-8/h2-6,20H,1H3,(H2,16,19). The van der Waals surface area contributed by atoms with Crippen LogP contribution in [0.2, 0.25) is 5.02 Å². The number of aromatic nitrogens is 3. The average molecular weight is 303 g/mol. The van der Waals surface area contributed by atoms with E-state index in [-0.39, 0.29) is 16.6 Å². The molecule has 1 aromatic carbocycles. The molecule has 3 N–H and O–H groups in total. The Morgan fingerprint density at radius 3 is 2.71 bits per heavy atom. The van der Waals surface area contributed by atoms with E-state index in [1.165, 1.54) is 18.7 Å². The molecule has 3 rings (SSSR count). The molecule has 0 fully saturated rings. The second-order valence-electron chi connectivity index (χ2n) is 4.43. The van der Waals surface area contributed by atoms with Crippen LogP contribution in [0.4, 0.5) is 5.82 Å². The van der Waals surface area contributed by atoms with Gasteiger partial charge in [-0.1, -0.05) is 11.6 Å². The largest absolute Gasteiger partial charge is 0.506 e. The molecule has 0 amide bonds. The quantitative estimate of drug-likeness (QED) is 0.755. The number of halogens is 1. The number of aryl methyl sites for hydroxylation is 1. The number of hydrogen-bond acceptors (Lipinski definition) is 6. The third-order valence-electron chi connectivity index (χ3n) is 2.97. The van der Waals surface area contributed by atoms with Gasteiger partial charge in [-0.2, -0.15) is 0 Å². The summed E-state index contributed by atoms with van der Waals surface area (Å²) in [6.07, 6.45) is 2.79. The normalized spacial score (nSPS) is 10.8. The predicted octanol–water partition coefficient (Wildman–Crippen LogP) is 3.05. The summed E-state index contributed by atoms with van der Waals surface area (Å²) in [5.74, 6) is 0.768. The predicted molar refractivity (Wildman–Crippen MR) is 78.8 cm³/mol. The molecule has 0 aliphatic rings. The minimum Gasteiger partial charge on any atom is -0.506 e. The van der Waals surface area contributed by atoms with Crippen LogP contribution in [0.5, 0.6) is 5.75 Å². The fourth-order valence-electron chi connectivity index (χ4n) is 1.96. The van der Waals surface area contributed by atoms with Crippen LogP contribution < -0.4 is 5.73 Å². The molecule has 7 heteroatoms. The van der Waals surface area contributed by atoms with Crippen molar-refractivity contribution in [1.82, 2.24) is 15.0 Å². The summed E-state index contributed by atoms with van der Waals surface area (Å²) in [5, 5.41) is 9.74. The highest BCUT2D eigenvalue weighted by molar-refractivity contribution is 6.32. The van der Waals surface area contributed by atoms with E-state index in [2.05, 4.69) is 15.0 Å². The zero-order valence-electron chi connectivity index (χ0n) is 11.0. The van der Waals surface area contributed by atoms with E-state index in [1.54, 1.807) is 19.1 Å². The zero-order chi connectivity index (χ0) is 15.0. The molecule has 0 bridgehead atoms. The number of aromatic hydroxyl groups is 1. The topological polar surface area (TPSA) is 98.1 Å². The van der Waals surface area contributed by atoms with Crippen LogP contribution >= 0.6 is 11.6 Å². The van der Waals surface area contributed by atoms with Crippen molar-refractivity contribution in [1.29, 1.82) is 0 Å². The van der Waals surface area contributed by atoms with Crippen LogP contribution in [0.1, 0.15) is 5.69 Å². The van der Waals surface area contributed by atoms with Crippen LogP contribution in [0.3, 0.4) is 0 Å². The van der Waals surface area contributed by atoms with Gasteiger partial charge in [0.1, 0.15) is 23.0 Å². The van der Waals surface area contributed by atoms with Gasteiger partial charge in [0.05, 0.1) is 16.9 Å². The lowest BCUT2D eigenvalue weighted by Crippen LogP contribution is -1.98. The van der Waals surface area contributed by atoms with Gasteiger partial charge in [-0.25, -0.2) is 15.0 Å². The Morgan fingerprint density at radius 1 is 1.24 bits per heavy atom. The van der Waals surface area contributed by atoms with Gasteiger partial charge in [-0.3, -0.25) is 0 Å². The molecular weight excluding hydrogens is 292 g/mol. The number of nitrogens with two attached hydrogens (primary N) is 1. The molecule has 0 saturated carbocycles. The lowest BCUT2D eigenvalue weighted by Gasteiger charge is -2.08. The Labute approximate surface area is 125 Å². The first-order chi connectivity index (χ1) is 10.1. The fraction of sp³-hybridized carbons (Fsp3) is 0.0714. The van der Waals surface area contributed by atoms with Gasteiger partial charge in [0.25, 0.3) is 0 Å². The first kappa shape index (κ1) is 13.4. The van der Waals surface area contributed by atoms with Crippen LogP contribution in [0.25, 0.3) is 22.7 Å². The first-order valence-corrected chi connectivity index (χ1v) is 6.46. The molecule has 0 aliphatic carbocycles. The van der Waals surface area contributed by atoms with Crippen molar-refractivity contribution >= 4 is 17.4 Å². The molecule has 21 heavy (non-hydrogen) atoms. The summed E-state index contributed by atoms with van der Waals surface area (Å²) < 4.78 is 5.37. The maximum Gasteiger partial charge on any atom is 0.181 e. The van der Waals surface area contributed by atoms with E-state index in [4.69, 9.17) is 21.8 Å². The molecule has 0 atom stereocenters. The number of benzene rings is 1. The van der Waals surface area contributed by atoms with Gasteiger partial charge in [0, 0.05) is 5.56 Å². The number of oxazole rings is 1. The number of nitrogen functional groups attached to an aromatic ring is 1. The van der Waals surface area contributed by atoms with Gasteiger partial charge in [-0.15, -0.1) is 0 Å². The Hall–Kier alpha value is -2.60. The molecule has 2 aromatic heterocycles. The highest BCUT2D eigenvalue weighted by Gasteiger charge is 2.17. The SMILES string of the molecule is Cc1ncoc1-c1nc(N)cnc1-c1ccc(O)c(Cl)c1. The number of rotatable bonds is 2. The highest BCUT2D eigenvalue weighted by Crippen LogP contribution is 2.34. The highest BCUT2D eigenvalue weighted by atomic mass is 35.5. The Balaban J connectivity index is 2.23. The van der Waals surface area contributed by atoms with Crippen LogP contribution in [-0.4, -0.2) is 20.1 Å². The molecule has 0 saturated heterocycles. The number of phenolic OH excluding ortho intramolecular Hbond substituents is 1. The Bertz CT molecular complexity index is 816. The van der Waals surface area contributed by atoms with E-state index in [0.717, 1.165) is 0 Å². The summed E-state index contributed by atoms with van der Waals surface area (Å²) in [7, 11) is 0. The monoisotopic (exact) mass is 302 g/mol. The third-order valence-corrected chi connectivity index (χ3v) is 3.28. The average Bonchev–Trinajstić information content (AvgIpc) is 2.88. The summed E-state index contributed by atoms with van der Waals surface area (Å²) >= 11 is 5.94. The minimum atomic E-state index is 0.00113. The van der Waals surface area contributed by atoms with E-state index in [0.29, 0.717) is 28.4 Å². The number of hydrogen-bond donors (Lipinski definition) is 2. The van der Waals surface area contributed by atoms with E-state index < -0.39 is 0 Å². The number of phenols is 1. The fourth-order valence-corrected chi connectivity index (χ4v) is 2.14. The molecule has 106 valence electrons. The second kappa shape index (κ2) is 5.06. The van der Waals surface area contributed by atoms with Crippen molar-refractivity contribution in [2.75, 3.05) is 5.73 Å². The molecule has 3 aromatic rings. The van der Waals surface area contributed by atoms with Crippen molar-refractivity contribution in [3.05, 3.63) is 41.5 Å². The molecule has 6 nitrogen and oxygen atoms in total. The van der Waals surface area contributed by atoms with E-state index in [9.17, 15) is 5.11 Å². The van der Waals surface area contributed by atoms with Crippen molar-refractivity contribution in [3.63, 3.8) is 0 Å². The summed E-state index contributed by atoms with van der Waals surface area (Å²) in [4.78, 5) is 12.6. The van der Waals surface area contributed by atoms with Gasteiger partial charge >= 0.3 is 0 Å². The second-order valence-corrected chi connectivity index (χ2v) is 4.83. The molecule has 0 spiro atoms. The lowest BCUT2D eigenvalue weighted by molar-refractivity contribution is 0.475. The molecular formula is C14H11ClN4O2. The van der Waals surface area contributed by atoms with Crippen molar-refractivity contribution < 1.29 is 9.52 Å². The molecule has 0 radical (unpaired) electrons. The first-order valence-electron chi connectivity index (χ1n) is 6.08.